The number of benzene rings is 6. The number of para-hydroxylation sites is 2. The van der Waals surface area contributed by atoms with Crippen LogP contribution in [0.3, 0.4) is 0 Å². The van der Waals surface area contributed by atoms with Crippen LogP contribution < -0.4 is 0 Å². The van der Waals surface area contributed by atoms with E-state index in [0.29, 0.717) is 5.92 Å². The van der Waals surface area contributed by atoms with E-state index in [1.165, 1.54) is 76.3 Å². The summed E-state index contributed by atoms with van der Waals surface area (Å²) in [6, 6.07) is 49.6. The van der Waals surface area contributed by atoms with Crippen LogP contribution >= 0.6 is 0 Å². The molecule has 1 heteroatoms. The molecule has 202 valence electrons. The molecular weight excluding hydrogens is 518 g/mol. The summed E-state index contributed by atoms with van der Waals surface area (Å²) in [5.74, 6) is 0.448. The molecule has 0 bridgehead atoms. The topological polar surface area (TPSA) is 4.41 Å². The molecule has 0 fully saturated rings. The molecule has 0 spiro atoms. The zero-order chi connectivity index (χ0) is 28.3. The van der Waals surface area contributed by atoms with Gasteiger partial charge in [-0.25, -0.2) is 0 Å². The molecule has 2 aromatic heterocycles. The first-order valence-corrected chi connectivity index (χ1v) is 15.1. The maximum absolute atomic E-state index is 2.50. The van der Waals surface area contributed by atoms with Gasteiger partial charge in [-0.05, 0) is 68.9 Å². The van der Waals surface area contributed by atoms with Crippen LogP contribution in [0.5, 0.6) is 0 Å². The van der Waals surface area contributed by atoms with Crippen molar-refractivity contribution >= 4 is 59.6 Å². The molecule has 0 saturated heterocycles. The molecule has 6 aromatic carbocycles. The maximum atomic E-state index is 2.50. The van der Waals surface area contributed by atoms with Gasteiger partial charge in [0.2, 0.25) is 0 Å². The van der Waals surface area contributed by atoms with E-state index in [-0.39, 0.29) is 0 Å². The van der Waals surface area contributed by atoms with Gasteiger partial charge in [0.15, 0.2) is 0 Å². The van der Waals surface area contributed by atoms with Crippen molar-refractivity contribution in [2.45, 2.75) is 12.3 Å². The third kappa shape index (κ3) is 3.72. The second-order valence-electron chi connectivity index (χ2n) is 11.7. The third-order valence-corrected chi connectivity index (χ3v) is 9.29. The lowest BCUT2D eigenvalue weighted by Gasteiger charge is -2.14. The number of hydrogen-bond donors (Lipinski definition) is 0. The molecule has 1 aliphatic rings. The fraction of sp³-hybridized carbons (Fsp3) is 0.0476. The van der Waals surface area contributed by atoms with Crippen molar-refractivity contribution in [3.63, 3.8) is 0 Å². The van der Waals surface area contributed by atoms with Gasteiger partial charge in [0.05, 0.1) is 16.6 Å². The Labute approximate surface area is 250 Å². The zero-order valence-corrected chi connectivity index (χ0v) is 23.7. The quantitative estimate of drug-likeness (QED) is 0.203. The monoisotopic (exact) mass is 547 g/mol. The van der Waals surface area contributed by atoms with Gasteiger partial charge < -0.3 is 4.40 Å². The Balaban J connectivity index is 1.49. The lowest BCUT2D eigenvalue weighted by Crippen LogP contribution is -1.95. The van der Waals surface area contributed by atoms with E-state index in [0.717, 1.165) is 6.42 Å². The molecule has 2 heterocycles. The van der Waals surface area contributed by atoms with Gasteiger partial charge in [0.25, 0.3) is 0 Å². The molecule has 0 aliphatic heterocycles. The van der Waals surface area contributed by atoms with E-state index in [2.05, 4.69) is 162 Å². The van der Waals surface area contributed by atoms with Gasteiger partial charge >= 0.3 is 0 Å². The Kier molecular flexibility index (Phi) is 5.39. The highest BCUT2D eigenvalue weighted by Gasteiger charge is 2.17. The minimum Gasteiger partial charge on any atom is -0.308 e. The Bertz CT molecular complexity index is 2470. The van der Waals surface area contributed by atoms with Gasteiger partial charge in [0, 0.05) is 27.5 Å². The summed E-state index contributed by atoms with van der Waals surface area (Å²) >= 11 is 0. The van der Waals surface area contributed by atoms with Gasteiger partial charge in [0.1, 0.15) is 0 Å². The van der Waals surface area contributed by atoms with Crippen LogP contribution in [0.15, 0.2) is 158 Å². The van der Waals surface area contributed by atoms with Crippen molar-refractivity contribution in [2.24, 2.45) is 0 Å². The summed E-state index contributed by atoms with van der Waals surface area (Å²) in [7, 11) is 0. The first-order valence-electron chi connectivity index (χ1n) is 15.1. The van der Waals surface area contributed by atoms with Crippen molar-refractivity contribution in [3.8, 4) is 11.1 Å². The molecule has 8 aromatic rings. The molecule has 1 atom stereocenters. The smallest absolute Gasteiger partial charge is 0.0620 e. The number of aromatic nitrogens is 1. The molecule has 9 rings (SSSR count). The van der Waals surface area contributed by atoms with E-state index < -0.39 is 0 Å². The van der Waals surface area contributed by atoms with Gasteiger partial charge in [-0.15, -0.1) is 0 Å². The van der Waals surface area contributed by atoms with E-state index in [4.69, 9.17) is 0 Å². The van der Waals surface area contributed by atoms with Gasteiger partial charge in [-0.3, -0.25) is 0 Å². The van der Waals surface area contributed by atoms with Crippen LogP contribution in [0.25, 0.3) is 70.8 Å². The standard InChI is InChI=1S/C42H29N/c1-2-12-28(13-3-1)29-22-24-30(25-23-29)31-26-38-35-17-7-5-15-33(35)32-14-4-6-16-34(32)36-18-8-10-20-40(36)43-41-21-11-9-19-37(41)39(27-31)42(38)43/h1-12,14-28H,13H2. The van der Waals surface area contributed by atoms with Crippen molar-refractivity contribution in [3.05, 3.63) is 163 Å². The Hall–Kier alpha value is -5.40. The predicted octanol–water partition coefficient (Wildman–Crippen LogP) is 11.5. The van der Waals surface area contributed by atoms with E-state index in [1.54, 1.807) is 0 Å². The summed E-state index contributed by atoms with van der Waals surface area (Å²) in [6.45, 7) is 0. The lowest BCUT2D eigenvalue weighted by atomic mass is 9.91. The molecule has 1 unspecified atom stereocenters. The normalized spacial score (nSPS) is 14.9. The van der Waals surface area contributed by atoms with Crippen LogP contribution in [0, 0.1) is 0 Å². The molecule has 0 amide bonds. The molecular formula is C42H29N. The fourth-order valence-corrected chi connectivity index (χ4v) is 7.27. The molecule has 0 N–H and O–H groups in total. The van der Waals surface area contributed by atoms with E-state index in [9.17, 15) is 0 Å². The lowest BCUT2D eigenvalue weighted by molar-refractivity contribution is 0.854. The number of allylic oxidation sites excluding steroid dienone is 4. The maximum Gasteiger partial charge on any atom is 0.0620 e. The minimum absolute atomic E-state index is 0.448. The minimum atomic E-state index is 0.448. The SMILES string of the molecule is C1=CCC(c2ccc(-c3cc4c5ccccc5c5ccccc5c5ccccc5n5c6ccccc6c(c3)c45)cc2)C=C1. The highest BCUT2D eigenvalue weighted by molar-refractivity contribution is 6.25. The summed E-state index contributed by atoms with van der Waals surface area (Å²) in [6.07, 6.45) is 9.93. The number of rotatable bonds is 2. The number of hydrogen-bond acceptors (Lipinski definition) is 0. The number of nitrogens with zero attached hydrogens (tertiary/aromatic N) is 1. The zero-order valence-electron chi connectivity index (χ0n) is 23.7. The average molecular weight is 548 g/mol. The average Bonchev–Trinajstić information content (AvgIpc) is 3.44. The first-order chi connectivity index (χ1) is 21.3. The first kappa shape index (κ1) is 24.2. The van der Waals surface area contributed by atoms with Crippen molar-refractivity contribution < 1.29 is 0 Å². The largest absolute Gasteiger partial charge is 0.308 e. The Morgan fingerprint density at radius 3 is 1.51 bits per heavy atom. The van der Waals surface area contributed by atoms with E-state index >= 15 is 0 Å². The second kappa shape index (κ2) is 9.58. The van der Waals surface area contributed by atoms with Gasteiger partial charge in [-0.2, -0.15) is 0 Å². The molecule has 0 saturated carbocycles. The van der Waals surface area contributed by atoms with Crippen molar-refractivity contribution in [2.75, 3.05) is 0 Å². The summed E-state index contributed by atoms with van der Waals surface area (Å²) in [5, 5.41) is 10.1. The Morgan fingerprint density at radius 1 is 0.442 bits per heavy atom. The van der Waals surface area contributed by atoms with Crippen molar-refractivity contribution in [1.82, 2.24) is 4.40 Å². The molecule has 1 nitrogen and oxygen atoms in total. The number of fused-ring (bicyclic) bond motifs is 10. The van der Waals surface area contributed by atoms with Crippen LogP contribution in [-0.4, -0.2) is 4.40 Å². The van der Waals surface area contributed by atoms with Gasteiger partial charge in [-0.1, -0.05) is 133 Å². The van der Waals surface area contributed by atoms with Crippen LogP contribution in [0.4, 0.5) is 0 Å². The molecule has 1 aliphatic carbocycles. The van der Waals surface area contributed by atoms with Crippen LogP contribution in [0.1, 0.15) is 17.9 Å². The fourth-order valence-electron chi connectivity index (χ4n) is 7.27. The molecule has 43 heavy (non-hydrogen) atoms. The molecule has 0 radical (unpaired) electrons. The summed E-state index contributed by atoms with van der Waals surface area (Å²) in [4.78, 5) is 0. The summed E-state index contributed by atoms with van der Waals surface area (Å²) < 4.78 is 2.50. The summed E-state index contributed by atoms with van der Waals surface area (Å²) in [5.41, 5.74) is 7.55. The highest BCUT2D eigenvalue weighted by Crippen LogP contribution is 2.41. The van der Waals surface area contributed by atoms with E-state index in [1.807, 2.05) is 0 Å². The second-order valence-corrected chi connectivity index (χ2v) is 11.7. The predicted molar refractivity (Wildman–Crippen MR) is 185 cm³/mol. The van der Waals surface area contributed by atoms with Crippen molar-refractivity contribution in [1.29, 1.82) is 0 Å². The van der Waals surface area contributed by atoms with Crippen LogP contribution in [0.2, 0.25) is 0 Å². The Morgan fingerprint density at radius 2 is 0.930 bits per heavy atom. The van der Waals surface area contributed by atoms with Crippen LogP contribution in [-0.2, 0) is 0 Å². The highest BCUT2D eigenvalue weighted by atomic mass is 14.9. The third-order valence-electron chi connectivity index (χ3n) is 9.29.